The molecule has 0 atom stereocenters. The van der Waals surface area contributed by atoms with E-state index in [0.29, 0.717) is 29.7 Å². The smallest absolute Gasteiger partial charge is 0.240 e. The summed E-state index contributed by atoms with van der Waals surface area (Å²) in [5, 5.41) is 4.77. The molecule has 26 heavy (non-hydrogen) atoms. The Hall–Kier alpha value is -2.35. The molecule has 0 radical (unpaired) electrons. The maximum absolute atomic E-state index is 6.19. The van der Waals surface area contributed by atoms with Crippen LogP contribution in [0.4, 0.5) is 0 Å². The van der Waals surface area contributed by atoms with E-state index in [4.69, 9.17) is 16.1 Å². The molecular formula is C18H16ClN5OS. The molecule has 132 valence electrons. The zero-order chi connectivity index (χ0) is 17.9. The van der Waals surface area contributed by atoms with Gasteiger partial charge in [0, 0.05) is 18.0 Å². The maximum Gasteiger partial charge on any atom is 0.240 e. The van der Waals surface area contributed by atoms with E-state index in [1.807, 2.05) is 37.4 Å². The number of hydrogen-bond donors (Lipinski definition) is 0. The van der Waals surface area contributed by atoms with Crippen LogP contribution in [0.3, 0.4) is 0 Å². The molecule has 0 aliphatic carbocycles. The molecular weight excluding hydrogens is 370 g/mol. The first-order valence-corrected chi connectivity index (χ1v) is 9.23. The molecule has 2 heterocycles. The van der Waals surface area contributed by atoms with Gasteiger partial charge in [0.25, 0.3) is 0 Å². The monoisotopic (exact) mass is 385 g/mol. The second-order valence-corrected chi connectivity index (χ2v) is 7.07. The van der Waals surface area contributed by atoms with Gasteiger partial charge in [0.2, 0.25) is 5.89 Å². The van der Waals surface area contributed by atoms with Gasteiger partial charge in [-0.2, -0.15) is 13.7 Å². The molecule has 0 unspecified atom stereocenters. The van der Waals surface area contributed by atoms with Gasteiger partial charge in [-0.15, -0.1) is 0 Å². The highest BCUT2D eigenvalue weighted by Gasteiger charge is 2.12. The van der Waals surface area contributed by atoms with Crippen molar-refractivity contribution in [3.63, 3.8) is 0 Å². The summed E-state index contributed by atoms with van der Waals surface area (Å²) >= 11 is 7.42. The summed E-state index contributed by atoms with van der Waals surface area (Å²) in [6, 6.07) is 13.8. The standard InChI is InChI=1S/C18H16ClN5OS/c1-24(10-12-6-7-15-16(8-12)23-26-22-15)11-18-20-17(21-25-18)9-13-4-2-3-5-14(13)19/h2-8H,9-11H2,1H3. The molecule has 4 aromatic rings. The fourth-order valence-electron chi connectivity index (χ4n) is 2.76. The minimum absolute atomic E-state index is 0.556. The minimum Gasteiger partial charge on any atom is -0.338 e. The van der Waals surface area contributed by atoms with Crippen molar-refractivity contribution in [1.82, 2.24) is 23.8 Å². The van der Waals surface area contributed by atoms with Gasteiger partial charge in [-0.05, 0) is 36.4 Å². The number of rotatable bonds is 6. The van der Waals surface area contributed by atoms with E-state index in [-0.39, 0.29) is 0 Å². The molecule has 0 amide bonds. The molecule has 0 N–H and O–H groups in total. The summed E-state index contributed by atoms with van der Waals surface area (Å²) < 4.78 is 13.9. The van der Waals surface area contributed by atoms with Crippen LogP contribution >= 0.6 is 23.3 Å². The summed E-state index contributed by atoms with van der Waals surface area (Å²) in [6.45, 7) is 1.33. The van der Waals surface area contributed by atoms with Gasteiger partial charge in [-0.1, -0.05) is 41.0 Å². The van der Waals surface area contributed by atoms with Crippen LogP contribution in [0.2, 0.25) is 5.02 Å². The molecule has 0 aliphatic heterocycles. The van der Waals surface area contributed by atoms with Gasteiger partial charge in [0.05, 0.1) is 18.3 Å². The number of benzene rings is 2. The Balaban J connectivity index is 1.39. The first kappa shape index (κ1) is 17.1. The molecule has 0 bridgehead atoms. The Morgan fingerprint density at radius 2 is 1.92 bits per heavy atom. The molecule has 2 aromatic heterocycles. The number of fused-ring (bicyclic) bond motifs is 1. The van der Waals surface area contributed by atoms with E-state index in [0.717, 1.165) is 23.1 Å². The van der Waals surface area contributed by atoms with E-state index in [2.05, 4.69) is 35.9 Å². The number of nitrogens with zero attached hydrogens (tertiary/aromatic N) is 5. The van der Waals surface area contributed by atoms with Gasteiger partial charge >= 0.3 is 0 Å². The van der Waals surface area contributed by atoms with Gasteiger partial charge in [-0.3, -0.25) is 4.90 Å². The predicted octanol–water partition coefficient (Wildman–Crippen LogP) is 3.95. The van der Waals surface area contributed by atoms with Crippen LogP contribution in [0.1, 0.15) is 22.8 Å². The van der Waals surface area contributed by atoms with Crippen LogP contribution in [0.25, 0.3) is 11.0 Å². The van der Waals surface area contributed by atoms with Crippen LogP contribution in [0.15, 0.2) is 47.0 Å². The first-order chi connectivity index (χ1) is 12.7. The van der Waals surface area contributed by atoms with Crippen molar-refractivity contribution in [2.75, 3.05) is 7.05 Å². The average molecular weight is 386 g/mol. The quantitative estimate of drug-likeness (QED) is 0.500. The Bertz CT molecular complexity index is 1030. The molecule has 8 heteroatoms. The van der Waals surface area contributed by atoms with Crippen molar-refractivity contribution in [1.29, 1.82) is 0 Å². The summed E-state index contributed by atoms with van der Waals surface area (Å²) in [7, 11) is 2.02. The SMILES string of the molecule is CN(Cc1ccc2nsnc2c1)Cc1nc(Cc2ccccc2Cl)no1. The zero-order valence-corrected chi connectivity index (χ0v) is 15.7. The van der Waals surface area contributed by atoms with E-state index in [1.54, 1.807) is 0 Å². The summed E-state index contributed by atoms with van der Waals surface area (Å²) in [4.78, 5) is 6.59. The lowest BCUT2D eigenvalue weighted by molar-refractivity contribution is 0.260. The van der Waals surface area contributed by atoms with E-state index in [9.17, 15) is 0 Å². The lowest BCUT2D eigenvalue weighted by Crippen LogP contribution is -2.17. The molecule has 6 nitrogen and oxygen atoms in total. The molecule has 2 aromatic carbocycles. The highest BCUT2D eigenvalue weighted by molar-refractivity contribution is 7.00. The summed E-state index contributed by atoms with van der Waals surface area (Å²) in [5.41, 5.74) is 4.02. The van der Waals surface area contributed by atoms with Gasteiger partial charge < -0.3 is 4.52 Å². The molecule has 0 saturated heterocycles. The Kier molecular flexibility index (Phi) is 4.92. The van der Waals surface area contributed by atoms with Crippen molar-refractivity contribution in [2.45, 2.75) is 19.5 Å². The molecule has 0 saturated carbocycles. The van der Waals surface area contributed by atoms with Gasteiger partial charge in [-0.25, -0.2) is 0 Å². The van der Waals surface area contributed by atoms with Crippen molar-refractivity contribution in [3.8, 4) is 0 Å². The first-order valence-electron chi connectivity index (χ1n) is 8.12. The Morgan fingerprint density at radius 1 is 1.08 bits per heavy atom. The maximum atomic E-state index is 6.19. The topological polar surface area (TPSA) is 67.9 Å². The third-order valence-electron chi connectivity index (χ3n) is 3.99. The number of halogens is 1. The Morgan fingerprint density at radius 3 is 2.81 bits per heavy atom. The van der Waals surface area contributed by atoms with Crippen LogP contribution in [-0.4, -0.2) is 30.8 Å². The third-order valence-corrected chi connectivity index (χ3v) is 4.92. The van der Waals surface area contributed by atoms with Crippen LogP contribution in [0.5, 0.6) is 0 Å². The Labute approximate surface area is 159 Å². The lowest BCUT2D eigenvalue weighted by Gasteiger charge is -2.13. The van der Waals surface area contributed by atoms with Gasteiger partial charge in [0.15, 0.2) is 5.82 Å². The predicted molar refractivity (Wildman–Crippen MR) is 101 cm³/mol. The van der Waals surface area contributed by atoms with Crippen LogP contribution < -0.4 is 0 Å². The molecule has 0 aliphatic rings. The summed E-state index contributed by atoms with van der Waals surface area (Å²) in [6.07, 6.45) is 0.556. The largest absolute Gasteiger partial charge is 0.338 e. The fourth-order valence-corrected chi connectivity index (χ4v) is 3.48. The van der Waals surface area contributed by atoms with Crippen LogP contribution in [-0.2, 0) is 19.5 Å². The second kappa shape index (κ2) is 7.49. The molecule has 0 spiro atoms. The zero-order valence-electron chi connectivity index (χ0n) is 14.1. The second-order valence-electron chi connectivity index (χ2n) is 6.13. The minimum atomic E-state index is 0.556. The van der Waals surface area contributed by atoms with Gasteiger partial charge in [0.1, 0.15) is 11.0 Å². The van der Waals surface area contributed by atoms with Crippen LogP contribution in [0, 0.1) is 0 Å². The van der Waals surface area contributed by atoms with E-state index >= 15 is 0 Å². The summed E-state index contributed by atoms with van der Waals surface area (Å²) in [5.74, 6) is 1.22. The molecule has 4 rings (SSSR count). The third kappa shape index (κ3) is 3.90. The highest BCUT2D eigenvalue weighted by Crippen LogP contribution is 2.18. The van der Waals surface area contributed by atoms with Crippen molar-refractivity contribution in [3.05, 3.63) is 70.3 Å². The van der Waals surface area contributed by atoms with Crippen molar-refractivity contribution in [2.24, 2.45) is 0 Å². The lowest BCUT2D eigenvalue weighted by atomic mass is 10.1. The van der Waals surface area contributed by atoms with E-state index in [1.165, 1.54) is 17.3 Å². The fraction of sp³-hybridized carbons (Fsp3) is 0.222. The van der Waals surface area contributed by atoms with E-state index < -0.39 is 0 Å². The average Bonchev–Trinajstić information content (AvgIpc) is 3.25. The number of aromatic nitrogens is 4. The van der Waals surface area contributed by atoms with Crippen molar-refractivity contribution < 1.29 is 4.52 Å². The number of hydrogen-bond acceptors (Lipinski definition) is 7. The normalized spacial score (nSPS) is 11.5. The molecule has 0 fully saturated rings. The highest BCUT2D eigenvalue weighted by atomic mass is 35.5. The van der Waals surface area contributed by atoms with Crippen molar-refractivity contribution >= 4 is 34.4 Å².